The van der Waals surface area contributed by atoms with Crippen molar-refractivity contribution in [3.8, 4) is 0 Å². The van der Waals surface area contributed by atoms with Crippen LogP contribution in [-0.4, -0.2) is 69.6 Å². The Bertz CT molecular complexity index is 1160. The predicted molar refractivity (Wildman–Crippen MR) is 153 cm³/mol. The molecule has 0 bridgehead atoms. The molecular formula is C29H41N7O3. The lowest BCUT2D eigenvalue weighted by Crippen LogP contribution is -2.28. The molecule has 1 aromatic carbocycles. The highest BCUT2D eigenvalue weighted by Crippen LogP contribution is 2.20. The van der Waals surface area contributed by atoms with E-state index in [-0.39, 0.29) is 23.5 Å². The van der Waals surface area contributed by atoms with Crippen LogP contribution in [0.3, 0.4) is 0 Å². The summed E-state index contributed by atoms with van der Waals surface area (Å²) in [7, 11) is 0. The molecule has 0 saturated carbocycles. The summed E-state index contributed by atoms with van der Waals surface area (Å²) >= 11 is 0. The maximum Gasteiger partial charge on any atom is 0.245 e. The van der Waals surface area contributed by atoms with Gasteiger partial charge in [0, 0.05) is 57.9 Å². The van der Waals surface area contributed by atoms with Crippen LogP contribution >= 0.6 is 0 Å². The number of hydrogen-bond donors (Lipinski definition) is 3. The van der Waals surface area contributed by atoms with Gasteiger partial charge in [0.05, 0.1) is 6.20 Å². The van der Waals surface area contributed by atoms with Gasteiger partial charge in [-0.3, -0.25) is 9.59 Å². The van der Waals surface area contributed by atoms with Crippen molar-refractivity contribution in [2.45, 2.75) is 52.5 Å². The molecule has 2 aromatic rings. The number of aromatic amines is 1. The Morgan fingerprint density at radius 2 is 2.08 bits per heavy atom. The molecule has 39 heavy (non-hydrogen) atoms. The monoisotopic (exact) mass is 535 g/mol. The van der Waals surface area contributed by atoms with E-state index in [1.807, 2.05) is 31.2 Å². The number of H-pyrrole nitrogens is 1. The lowest BCUT2D eigenvalue weighted by molar-refractivity contribution is -0.125. The standard InChI is InChI=1S/C29H41N7O3/c1-5-27(38)36-13-11-24(20-36)26(37)16-22-9-7-10-23(15-22)17-31-29-34-28(30-12-8-14-39-6-2)32-18-25(21(3)4)19-33-35-29/h5,7,9-10,15,18-19,21,24H,1,6,8,11-14,16-17,20H2,2-4H3,(H3,30,31,32,34,35). The number of hydrogen-bond acceptors (Lipinski definition) is 8. The number of nitrogens with one attached hydrogen (secondary N) is 3. The molecule has 1 saturated heterocycles. The molecule has 0 radical (unpaired) electrons. The number of anilines is 2. The molecule has 2 heterocycles. The minimum atomic E-state index is -0.131. The number of likely N-dealkylation sites (tertiary alicyclic amines) is 1. The van der Waals surface area contributed by atoms with E-state index in [9.17, 15) is 9.59 Å². The largest absolute Gasteiger partial charge is 0.382 e. The molecule has 3 rings (SSSR count). The van der Waals surface area contributed by atoms with Gasteiger partial charge in [0.2, 0.25) is 17.8 Å². The first-order valence-electron chi connectivity index (χ1n) is 13.6. The van der Waals surface area contributed by atoms with E-state index in [0.29, 0.717) is 64.1 Å². The number of amides is 1. The Morgan fingerprint density at radius 3 is 2.85 bits per heavy atom. The number of carbonyl (C=O) groups excluding carboxylic acids is 2. The van der Waals surface area contributed by atoms with Crippen LogP contribution in [0.15, 0.2) is 49.3 Å². The van der Waals surface area contributed by atoms with Crippen molar-refractivity contribution in [2.75, 3.05) is 43.5 Å². The molecule has 210 valence electrons. The lowest BCUT2D eigenvalue weighted by atomic mass is 9.96. The van der Waals surface area contributed by atoms with Crippen molar-refractivity contribution < 1.29 is 14.3 Å². The van der Waals surface area contributed by atoms with Crippen LogP contribution in [0.2, 0.25) is 0 Å². The van der Waals surface area contributed by atoms with Crippen molar-refractivity contribution in [2.24, 2.45) is 5.92 Å². The zero-order chi connectivity index (χ0) is 28.0. The summed E-state index contributed by atoms with van der Waals surface area (Å²) in [5, 5.41) is 13.9. The van der Waals surface area contributed by atoms with Gasteiger partial charge in [-0.1, -0.05) is 44.7 Å². The van der Waals surface area contributed by atoms with Gasteiger partial charge in [-0.25, -0.2) is 10.1 Å². The second-order valence-electron chi connectivity index (χ2n) is 9.83. The van der Waals surface area contributed by atoms with Crippen molar-refractivity contribution in [3.63, 3.8) is 0 Å². The maximum atomic E-state index is 12.9. The van der Waals surface area contributed by atoms with Gasteiger partial charge in [-0.15, -0.1) is 0 Å². The summed E-state index contributed by atoms with van der Waals surface area (Å²) in [6, 6.07) is 7.92. The summed E-state index contributed by atoms with van der Waals surface area (Å²) in [6.45, 7) is 13.3. The van der Waals surface area contributed by atoms with Crippen LogP contribution in [0.1, 0.15) is 56.2 Å². The molecule has 10 nitrogen and oxygen atoms in total. The van der Waals surface area contributed by atoms with Gasteiger partial charge in [0.25, 0.3) is 0 Å². The molecule has 3 N–H and O–H groups in total. The summed E-state index contributed by atoms with van der Waals surface area (Å²) in [5.41, 5.74) is 2.93. The second-order valence-corrected chi connectivity index (χ2v) is 9.83. The third-order valence-corrected chi connectivity index (χ3v) is 6.52. The van der Waals surface area contributed by atoms with Crippen LogP contribution in [0.25, 0.3) is 0 Å². The fourth-order valence-electron chi connectivity index (χ4n) is 4.21. The third-order valence-electron chi connectivity index (χ3n) is 6.52. The zero-order valence-electron chi connectivity index (χ0n) is 23.3. The minimum absolute atomic E-state index is 0.116. The Hall–Kier alpha value is -3.79. The molecule has 1 fully saturated rings. The van der Waals surface area contributed by atoms with E-state index < -0.39 is 0 Å². The number of ketones is 1. The SMILES string of the molecule is C=CC(=O)N1CCC(C(=O)Cc2cccc(CNc3nc(NCCCOCC)ncc(C(C)C)cn[nH]3)c2)C1. The first-order chi connectivity index (χ1) is 18.9. The highest BCUT2D eigenvalue weighted by atomic mass is 16.5. The third kappa shape index (κ3) is 9.79. The van der Waals surface area contributed by atoms with Crippen LogP contribution in [0, 0.1) is 5.92 Å². The number of rotatable bonds is 14. The lowest BCUT2D eigenvalue weighted by Gasteiger charge is -2.14. The summed E-state index contributed by atoms with van der Waals surface area (Å²) in [6.07, 6.45) is 6.71. The Balaban J connectivity index is 1.66. The average Bonchev–Trinajstić information content (AvgIpc) is 3.45. The van der Waals surface area contributed by atoms with Gasteiger partial charge in [0.1, 0.15) is 5.78 Å². The quantitative estimate of drug-likeness (QED) is 0.244. The number of nitrogens with zero attached hydrogens (tertiary/aromatic N) is 4. The van der Waals surface area contributed by atoms with Crippen molar-refractivity contribution in [1.82, 2.24) is 25.1 Å². The number of Topliss-reactive ketones (excluding diaryl/α,β-unsaturated/α-hetero) is 1. The summed E-state index contributed by atoms with van der Waals surface area (Å²) < 4.78 is 5.41. The van der Waals surface area contributed by atoms with Gasteiger partial charge in [-0.05, 0) is 48.4 Å². The smallest absolute Gasteiger partial charge is 0.245 e. The van der Waals surface area contributed by atoms with E-state index >= 15 is 0 Å². The predicted octanol–water partition coefficient (Wildman–Crippen LogP) is 4.04. The molecule has 1 unspecified atom stereocenters. The highest BCUT2D eigenvalue weighted by Gasteiger charge is 2.29. The van der Waals surface area contributed by atoms with Gasteiger partial charge >= 0.3 is 0 Å². The first-order valence-corrected chi connectivity index (χ1v) is 13.6. The van der Waals surface area contributed by atoms with E-state index in [4.69, 9.17) is 4.74 Å². The minimum Gasteiger partial charge on any atom is -0.382 e. The Kier molecular flexibility index (Phi) is 11.9. The molecular weight excluding hydrogens is 494 g/mol. The van der Waals surface area contributed by atoms with E-state index in [2.05, 4.69) is 51.2 Å². The number of ether oxygens (including phenoxy) is 1. The van der Waals surface area contributed by atoms with Crippen molar-refractivity contribution >= 4 is 23.6 Å². The van der Waals surface area contributed by atoms with Crippen molar-refractivity contribution in [3.05, 3.63) is 66.0 Å². The number of benzene rings is 1. The second kappa shape index (κ2) is 15.6. The molecule has 10 heteroatoms. The van der Waals surface area contributed by atoms with E-state index in [0.717, 1.165) is 23.1 Å². The highest BCUT2D eigenvalue weighted by molar-refractivity contribution is 5.89. The molecule has 0 spiro atoms. The van der Waals surface area contributed by atoms with Gasteiger partial charge < -0.3 is 20.3 Å². The number of aromatic nitrogens is 4. The molecule has 0 aliphatic carbocycles. The normalized spacial score (nSPS) is 14.7. The fraction of sp³-hybridized carbons (Fsp3) is 0.483. The first kappa shape index (κ1) is 29.8. The van der Waals surface area contributed by atoms with Crippen LogP contribution < -0.4 is 10.6 Å². The molecule has 1 aliphatic rings. The maximum absolute atomic E-state index is 12.9. The van der Waals surface area contributed by atoms with Gasteiger partial charge in [-0.2, -0.15) is 10.1 Å². The summed E-state index contributed by atoms with van der Waals surface area (Å²) in [5.74, 6) is 1.10. The van der Waals surface area contributed by atoms with E-state index in [1.165, 1.54) is 6.08 Å². The van der Waals surface area contributed by atoms with Crippen LogP contribution in [0.5, 0.6) is 0 Å². The number of carbonyl (C=O) groups is 2. The molecule has 1 atom stereocenters. The van der Waals surface area contributed by atoms with E-state index in [1.54, 1.807) is 17.3 Å². The molecule has 1 aliphatic heterocycles. The van der Waals surface area contributed by atoms with Crippen LogP contribution in [0.4, 0.5) is 11.9 Å². The topological polar surface area (TPSA) is 125 Å². The molecule has 1 aromatic heterocycles. The van der Waals surface area contributed by atoms with Crippen molar-refractivity contribution in [1.29, 1.82) is 0 Å². The Labute approximate surface area is 231 Å². The van der Waals surface area contributed by atoms with Gasteiger partial charge in [0.15, 0.2) is 0 Å². The fourth-order valence-corrected chi connectivity index (χ4v) is 4.21. The summed E-state index contributed by atoms with van der Waals surface area (Å²) in [4.78, 5) is 35.6. The molecule has 1 amide bonds. The average molecular weight is 536 g/mol. The zero-order valence-corrected chi connectivity index (χ0v) is 23.3. The van der Waals surface area contributed by atoms with Crippen LogP contribution in [-0.2, 0) is 27.3 Å². The Morgan fingerprint density at radius 1 is 1.26 bits per heavy atom.